The lowest BCUT2D eigenvalue weighted by Gasteiger charge is -2.25. The number of aromatic nitrogens is 1. The molecule has 1 N–H and O–H groups in total. The van der Waals surface area contributed by atoms with Gasteiger partial charge < -0.3 is 10.0 Å². The molecule has 2 rings (SSSR count). The van der Waals surface area contributed by atoms with Gasteiger partial charge in [-0.3, -0.25) is 14.6 Å². The van der Waals surface area contributed by atoms with Crippen LogP contribution in [0.1, 0.15) is 32.8 Å². The summed E-state index contributed by atoms with van der Waals surface area (Å²) in [6.07, 6.45) is 3.34. The third-order valence-electron chi connectivity index (χ3n) is 4.47. The van der Waals surface area contributed by atoms with E-state index in [1.54, 1.807) is 27.0 Å². The fourth-order valence-electron chi connectivity index (χ4n) is 2.36. The second-order valence-electron chi connectivity index (χ2n) is 7.16. The predicted molar refractivity (Wildman–Crippen MR) is 98.1 cm³/mol. The van der Waals surface area contributed by atoms with E-state index in [0.29, 0.717) is 5.71 Å². The largest absolute Gasteiger partial charge is 0.390 e. The highest BCUT2D eigenvalue weighted by molar-refractivity contribution is 6.28. The van der Waals surface area contributed by atoms with Crippen molar-refractivity contribution < 1.29 is 14.7 Å². The number of aliphatic imine (C=N–C) groups is 1. The van der Waals surface area contributed by atoms with Crippen molar-refractivity contribution in [2.24, 2.45) is 10.9 Å². The number of aliphatic hydroxyl groups is 1. The average Bonchev–Trinajstić information content (AvgIpc) is 2.54. The Bertz CT molecular complexity index is 725. The topological polar surface area (TPSA) is 82.9 Å². The van der Waals surface area contributed by atoms with Crippen molar-refractivity contribution in [3.8, 4) is 0 Å². The fourth-order valence-corrected chi connectivity index (χ4v) is 2.36. The summed E-state index contributed by atoms with van der Waals surface area (Å²) in [4.78, 5) is 35.1. The molecule has 0 saturated carbocycles. The molecule has 0 bridgehead atoms. The Morgan fingerprint density at radius 1 is 1.36 bits per heavy atom. The lowest BCUT2D eigenvalue weighted by molar-refractivity contribution is -0.122. The molecule has 0 radical (unpaired) electrons. The predicted octanol–water partition coefficient (Wildman–Crippen LogP) is 1.81. The van der Waals surface area contributed by atoms with Crippen molar-refractivity contribution in [3.63, 3.8) is 0 Å². The van der Waals surface area contributed by atoms with Gasteiger partial charge in [0.1, 0.15) is 12.4 Å². The summed E-state index contributed by atoms with van der Waals surface area (Å²) >= 11 is 0. The summed E-state index contributed by atoms with van der Waals surface area (Å²) in [5.41, 5.74) is 0.518. The van der Waals surface area contributed by atoms with Gasteiger partial charge in [0.15, 0.2) is 11.6 Å². The summed E-state index contributed by atoms with van der Waals surface area (Å²) in [6, 6.07) is 3.73. The smallest absolute Gasteiger partial charge is 0.187 e. The number of hydrogen-bond donors (Lipinski definition) is 1. The molecule has 0 amide bonds. The molecule has 0 aromatic carbocycles. The summed E-state index contributed by atoms with van der Waals surface area (Å²) in [6.45, 7) is 5.07. The van der Waals surface area contributed by atoms with E-state index in [0.717, 1.165) is 11.4 Å². The summed E-state index contributed by atoms with van der Waals surface area (Å²) < 4.78 is 0. The van der Waals surface area contributed by atoms with E-state index in [9.17, 15) is 14.7 Å². The molecular formula is C19H25N3O3. The molecule has 6 heteroatoms. The third-order valence-corrected chi connectivity index (χ3v) is 4.47. The van der Waals surface area contributed by atoms with Gasteiger partial charge in [0, 0.05) is 32.3 Å². The maximum absolute atomic E-state index is 12.5. The van der Waals surface area contributed by atoms with Crippen LogP contribution in [0.5, 0.6) is 0 Å². The first-order chi connectivity index (χ1) is 11.6. The molecule has 1 aliphatic rings. The molecule has 2 heterocycles. The molecular weight excluding hydrogens is 318 g/mol. The molecule has 0 spiro atoms. The van der Waals surface area contributed by atoms with Gasteiger partial charge in [-0.2, -0.15) is 0 Å². The molecule has 25 heavy (non-hydrogen) atoms. The van der Waals surface area contributed by atoms with Crippen molar-refractivity contribution in [2.45, 2.75) is 32.8 Å². The first-order valence-corrected chi connectivity index (χ1v) is 8.28. The number of ketones is 2. The molecule has 0 fully saturated rings. The standard InChI is InChI=1S/C19H25N3O3/c1-12(19(2,3)25)8-16(23)14-9-15(20-11-17(14)24)13-6-7-18(21-10-13)22(4)5/h6-7,9-10,12,25H,8,11H2,1-5H3/t12-/m0/s1. The van der Waals surface area contributed by atoms with Crippen molar-refractivity contribution in [1.82, 2.24) is 4.98 Å². The second-order valence-corrected chi connectivity index (χ2v) is 7.16. The van der Waals surface area contributed by atoms with Gasteiger partial charge in [0.25, 0.3) is 0 Å². The molecule has 1 aromatic rings. The van der Waals surface area contributed by atoms with Crippen molar-refractivity contribution in [3.05, 3.63) is 35.5 Å². The van der Waals surface area contributed by atoms with E-state index in [2.05, 4.69) is 9.98 Å². The summed E-state index contributed by atoms with van der Waals surface area (Å²) in [5, 5.41) is 10.0. The minimum absolute atomic E-state index is 0.0424. The average molecular weight is 343 g/mol. The van der Waals surface area contributed by atoms with Crippen molar-refractivity contribution >= 4 is 23.1 Å². The highest BCUT2D eigenvalue weighted by Gasteiger charge is 2.29. The van der Waals surface area contributed by atoms with E-state index < -0.39 is 5.60 Å². The Hall–Kier alpha value is -2.34. The van der Waals surface area contributed by atoms with E-state index in [1.807, 2.05) is 31.1 Å². The number of dihydropyridines is 1. The lowest BCUT2D eigenvalue weighted by Crippen LogP contribution is -2.32. The summed E-state index contributed by atoms with van der Waals surface area (Å²) in [5.74, 6) is 0.0204. The lowest BCUT2D eigenvalue weighted by atomic mass is 9.85. The Kier molecular flexibility index (Phi) is 5.52. The second kappa shape index (κ2) is 7.27. The van der Waals surface area contributed by atoms with Gasteiger partial charge in [-0.05, 0) is 38.0 Å². The van der Waals surface area contributed by atoms with E-state index in [4.69, 9.17) is 0 Å². The van der Waals surface area contributed by atoms with Crippen molar-refractivity contribution in [1.29, 1.82) is 0 Å². The van der Waals surface area contributed by atoms with Crippen LogP contribution in [0.2, 0.25) is 0 Å². The van der Waals surface area contributed by atoms with Crippen LogP contribution in [0.4, 0.5) is 5.82 Å². The van der Waals surface area contributed by atoms with E-state index in [-0.39, 0.29) is 36.0 Å². The fraction of sp³-hybridized carbons (Fsp3) is 0.474. The van der Waals surface area contributed by atoms with Gasteiger partial charge in [-0.25, -0.2) is 4.98 Å². The van der Waals surface area contributed by atoms with Crippen LogP contribution in [0.25, 0.3) is 0 Å². The maximum Gasteiger partial charge on any atom is 0.187 e. The van der Waals surface area contributed by atoms with Crippen molar-refractivity contribution in [2.75, 3.05) is 25.5 Å². The van der Waals surface area contributed by atoms with E-state index in [1.165, 1.54) is 6.08 Å². The zero-order valence-electron chi connectivity index (χ0n) is 15.4. The SMILES string of the molecule is C[C@@H](CC(=O)C1=CC(c2ccc(N(C)C)nc2)=NCC1=O)C(C)(C)O. The maximum atomic E-state index is 12.5. The minimum Gasteiger partial charge on any atom is -0.390 e. The van der Waals surface area contributed by atoms with Crippen LogP contribution >= 0.6 is 0 Å². The van der Waals surface area contributed by atoms with Crippen LogP contribution in [0, 0.1) is 5.92 Å². The number of hydrogen-bond acceptors (Lipinski definition) is 6. The van der Waals surface area contributed by atoms with Crippen LogP contribution in [-0.4, -0.2) is 53.6 Å². The Morgan fingerprint density at radius 2 is 2.04 bits per heavy atom. The molecule has 0 aliphatic carbocycles. The van der Waals surface area contributed by atoms with Gasteiger partial charge in [0.2, 0.25) is 0 Å². The number of carbonyl (C=O) groups is 2. The Morgan fingerprint density at radius 3 is 2.56 bits per heavy atom. The molecule has 134 valence electrons. The molecule has 1 aromatic heterocycles. The number of carbonyl (C=O) groups excluding carboxylic acids is 2. The van der Waals surface area contributed by atoms with Crippen LogP contribution in [-0.2, 0) is 9.59 Å². The van der Waals surface area contributed by atoms with Crippen LogP contribution < -0.4 is 4.90 Å². The first kappa shape index (κ1) is 19.0. The monoisotopic (exact) mass is 343 g/mol. The van der Waals surface area contributed by atoms with Gasteiger partial charge in [-0.1, -0.05) is 6.92 Å². The number of rotatable bonds is 6. The van der Waals surface area contributed by atoms with E-state index >= 15 is 0 Å². The number of Topliss-reactive ketones (excluding diaryl/α,β-unsaturated/α-hetero) is 2. The Balaban J connectivity index is 2.22. The minimum atomic E-state index is -0.975. The molecule has 1 aliphatic heterocycles. The summed E-state index contributed by atoms with van der Waals surface area (Å²) in [7, 11) is 3.80. The molecule has 6 nitrogen and oxygen atoms in total. The number of allylic oxidation sites excluding steroid dienone is 1. The molecule has 0 saturated heterocycles. The number of pyridine rings is 1. The van der Waals surface area contributed by atoms with Gasteiger partial charge in [-0.15, -0.1) is 0 Å². The molecule has 1 atom stereocenters. The van der Waals surface area contributed by atoms with Crippen LogP contribution in [0.3, 0.4) is 0 Å². The highest BCUT2D eigenvalue weighted by atomic mass is 16.3. The van der Waals surface area contributed by atoms with Crippen LogP contribution in [0.15, 0.2) is 35.0 Å². The normalized spacial score (nSPS) is 16.2. The third kappa shape index (κ3) is 4.60. The first-order valence-electron chi connectivity index (χ1n) is 8.28. The highest BCUT2D eigenvalue weighted by Crippen LogP contribution is 2.23. The zero-order chi connectivity index (χ0) is 18.8. The molecule has 0 unspecified atom stereocenters. The van der Waals surface area contributed by atoms with Gasteiger partial charge in [0.05, 0.1) is 16.9 Å². The number of nitrogens with zero attached hydrogens (tertiary/aromatic N) is 3. The van der Waals surface area contributed by atoms with Gasteiger partial charge >= 0.3 is 0 Å². The zero-order valence-corrected chi connectivity index (χ0v) is 15.4. The Labute approximate surface area is 148 Å². The quantitative estimate of drug-likeness (QED) is 0.797. The number of anilines is 1.